The number of aliphatic carboxylic acids is 1. The molecule has 0 unspecified atom stereocenters. The Kier molecular flexibility index (Phi) is 3.74. The molecule has 0 bridgehead atoms. The highest BCUT2D eigenvalue weighted by Crippen LogP contribution is 2.30. The van der Waals surface area contributed by atoms with E-state index in [0.717, 1.165) is 18.4 Å². The fourth-order valence-corrected chi connectivity index (χ4v) is 2.02. The Labute approximate surface area is 112 Å². The van der Waals surface area contributed by atoms with E-state index in [9.17, 15) is 9.59 Å². The third-order valence-corrected chi connectivity index (χ3v) is 3.23. The van der Waals surface area contributed by atoms with Crippen LogP contribution in [0.5, 0.6) is 0 Å². The van der Waals surface area contributed by atoms with Gasteiger partial charge >= 0.3 is 5.97 Å². The Bertz CT molecular complexity index is 509. The maximum atomic E-state index is 12.4. The summed E-state index contributed by atoms with van der Waals surface area (Å²) in [6.07, 6.45) is 2.12. The lowest BCUT2D eigenvalue weighted by Gasteiger charge is -2.21. The molecular weight excluding hydrogens is 244 g/mol. The molecule has 1 aromatic carbocycles. The number of benzene rings is 1. The zero-order chi connectivity index (χ0) is 14.0. The first-order valence-corrected chi connectivity index (χ1v) is 6.34. The highest BCUT2D eigenvalue weighted by atomic mass is 16.4. The molecule has 19 heavy (non-hydrogen) atoms. The number of nitrogens with zero attached hydrogens (tertiary/aromatic N) is 1. The van der Waals surface area contributed by atoms with Crippen LogP contribution in [-0.4, -0.2) is 35.0 Å². The van der Waals surface area contributed by atoms with Crippen molar-refractivity contribution in [2.75, 3.05) is 18.8 Å². The van der Waals surface area contributed by atoms with Crippen molar-refractivity contribution in [3.05, 3.63) is 29.3 Å². The number of carbonyl (C=O) groups excluding carboxylic acids is 1. The smallest absolute Gasteiger partial charge is 0.323 e. The van der Waals surface area contributed by atoms with Crippen LogP contribution in [0.1, 0.15) is 28.8 Å². The third-order valence-electron chi connectivity index (χ3n) is 3.23. The number of aryl methyl sites for hydroxylation is 1. The molecule has 0 aromatic heterocycles. The fraction of sp³-hybridized carbons (Fsp3) is 0.429. The summed E-state index contributed by atoms with van der Waals surface area (Å²) in [7, 11) is 0. The maximum Gasteiger partial charge on any atom is 0.323 e. The molecule has 5 heteroatoms. The summed E-state index contributed by atoms with van der Waals surface area (Å²) in [5.74, 6) is -0.856. The molecule has 102 valence electrons. The Morgan fingerprint density at radius 3 is 2.68 bits per heavy atom. The molecule has 0 atom stereocenters. The second kappa shape index (κ2) is 5.30. The molecule has 1 fully saturated rings. The molecule has 0 heterocycles. The first kappa shape index (κ1) is 13.4. The third kappa shape index (κ3) is 3.47. The summed E-state index contributed by atoms with van der Waals surface area (Å²) in [4.78, 5) is 24.7. The van der Waals surface area contributed by atoms with Gasteiger partial charge in [0.05, 0.1) is 5.56 Å². The van der Waals surface area contributed by atoms with Crippen molar-refractivity contribution in [2.24, 2.45) is 5.92 Å². The van der Waals surface area contributed by atoms with Crippen molar-refractivity contribution >= 4 is 17.6 Å². The van der Waals surface area contributed by atoms with E-state index in [2.05, 4.69) is 0 Å². The van der Waals surface area contributed by atoms with Gasteiger partial charge in [-0.3, -0.25) is 9.59 Å². The first-order valence-electron chi connectivity index (χ1n) is 6.34. The molecule has 1 saturated carbocycles. The van der Waals surface area contributed by atoms with E-state index < -0.39 is 5.97 Å². The van der Waals surface area contributed by atoms with E-state index in [-0.39, 0.29) is 12.5 Å². The van der Waals surface area contributed by atoms with Crippen LogP contribution in [0.15, 0.2) is 18.2 Å². The zero-order valence-corrected chi connectivity index (χ0v) is 10.9. The lowest BCUT2D eigenvalue weighted by Crippen LogP contribution is -2.37. The Morgan fingerprint density at radius 1 is 1.42 bits per heavy atom. The number of nitrogens with two attached hydrogens (primary N) is 1. The van der Waals surface area contributed by atoms with Crippen LogP contribution in [0.2, 0.25) is 0 Å². The molecule has 0 radical (unpaired) electrons. The van der Waals surface area contributed by atoms with Crippen LogP contribution in [0.4, 0.5) is 5.69 Å². The van der Waals surface area contributed by atoms with E-state index in [4.69, 9.17) is 10.8 Å². The van der Waals surface area contributed by atoms with Crippen LogP contribution in [0, 0.1) is 12.8 Å². The van der Waals surface area contributed by atoms with Gasteiger partial charge in [-0.15, -0.1) is 0 Å². The Balaban J connectivity index is 2.21. The van der Waals surface area contributed by atoms with Gasteiger partial charge in [0.1, 0.15) is 6.54 Å². The Hall–Kier alpha value is -2.04. The van der Waals surface area contributed by atoms with Crippen molar-refractivity contribution in [1.29, 1.82) is 0 Å². The predicted molar refractivity (Wildman–Crippen MR) is 71.9 cm³/mol. The highest BCUT2D eigenvalue weighted by Gasteiger charge is 2.29. The monoisotopic (exact) mass is 262 g/mol. The normalized spacial score (nSPS) is 14.2. The van der Waals surface area contributed by atoms with Crippen LogP contribution < -0.4 is 5.73 Å². The lowest BCUT2D eigenvalue weighted by atomic mass is 10.1. The number of rotatable bonds is 5. The average Bonchev–Trinajstić information content (AvgIpc) is 3.14. The molecule has 5 nitrogen and oxygen atoms in total. The van der Waals surface area contributed by atoms with Crippen LogP contribution >= 0.6 is 0 Å². The molecule has 3 N–H and O–H groups in total. The second-order valence-electron chi connectivity index (χ2n) is 5.11. The number of carboxylic acid groups (broad SMARTS) is 1. The summed E-state index contributed by atoms with van der Waals surface area (Å²) < 4.78 is 0. The van der Waals surface area contributed by atoms with Gasteiger partial charge in [0.25, 0.3) is 5.91 Å². The number of carbonyl (C=O) groups is 2. The summed E-state index contributed by atoms with van der Waals surface area (Å²) in [6.45, 7) is 2.10. The standard InChI is InChI=1S/C14H18N2O3/c1-9-2-5-12(15)11(6-9)14(19)16(8-13(17)18)7-10-3-4-10/h2,5-6,10H,3-4,7-8,15H2,1H3,(H,17,18). The molecule has 0 aliphatic heterocycles. The van der Waals surface area contributed by atoms with Crippen molar-refractivity contribution < 1.29 is 14.7 Å². The van der Waals surface area contributed by atoms with Gasteiger partial charge in [0.2, 0.25) is 0 Å². The minimum atomic E-state index is -1.000. The molecule has 1 aliphatic rings. The Morgan fingerprint density at radius 2 is 2.11 bits per heavy atom. The fourth-order valence-electron chi connectivity index (χ4n) is 2.02. The minimum absolute atomic E-state index is 0.275. The maximum absolute atomic E-state index is 12.4. The molecule has 1 aromatic rings. The molecule has 0 spiro atoms. The van der Waals surface area contributed by atoms with E-state index >= 15 is 0 Å². The summed E-state index contributed by atoms with van der Waals surface area (Å²) in [5.41, 5.74) is 7.52. The van der Waals surface area contributed by atoms with Crippen LogP contribution in [-0.2, 0) is 4.79 Å². The molecule has 1 aliphatic carbocycles. The molecular formula is C14H18N2O3. The van der Waals surface area contributed by atoms with Gasteiger partial charge < -0.3 is 15.7 Å². The van der Waals surface area contributed by atoms with Crippen molar-refractivity contribution in [2.45, 2.75) is 19.8 Å². The quantitative estimate of drug-likeness (QED) is 0.788. The first-order chi connectivity index (χ1) is 8.97. The van der Waals surface area contributed by atoms with E-state index in [1.165, 1.54) is 4.90 Å². The molecule has 1 amide bonds. The number of amides is 1. The molecule has 0 saturated heterocycles. The highest BCUT2D eigenvalue weighted by molar-refractivity contribution is 6.00. The van der Waals surface area contributed by atoms with E-state index in [1.54, 1.807) is 12.1 Å². The van der Waals surface area contributed by atoms with Gasteiger partial charge in [0.15, 0.2) is 0 Å². The van der Waals surface area contributed by atoms with Crippen LogP contribution in [0.3, 0.4) is 0 Å². The van der Waals surface area contributed by atoms with Crippen molar-refractivity contribution in [3.8, 4) is 0 Å². The number of anilines is 1. The van der Waals surface area contributed by atoms with Crippen LogP contribution in [0.25, 0.3) is 0 Å². The lowest BCUT2D eigenvalue weighted by molar-refractivity contribution is -0.137. The summed E-state index contributed by atoms with van der Waals surface area (Å²) in [6, 6.07) is 5.21. The van der Waals surface area contributed by atoms with Crippen molar-refractivity contribution in [3.63, 3.8) is 0 Å². The summed E-state index contributed by atoms with van der Waals surface area (Å²) >= 11 is 0. The zero-order valence-electron chi connectivity index (χ0n) is 10.9. The summed E-state index contributed by atoms with van der Waals surface area (Å²) in [5, 5.41) is 8.91. The van der Waals surface area contributed by atoms with Gasteiger partial charge in [-0.05, 0) is 37.8 Å². The largest absolute Gasteiger partial charge is 0.480 e. The second-order valence-corrected chi connectivity index (χ2v) is 5.11. The predicted octanol–water partition coefficient (Wildman–Crippen LogP) is 1.51. The topological polar surface area (TPSA) is 83.6 Å². The minimum Gasteiger partial charge on any atom is -0.480 e. The SMILES string of the molecule is Cc1ccc(N)c(C(=O)N(CC(=O)O)CC2CC2)c1. The number of carboxylic acids is 1. The van der Waals surface area contributed by atoms with Gasteiger partial charge in [-0.1, -0.05) is 11.6 Å². The number of hydrogen-bond donors (Lipinski definition) is 2. The van der Waals surface area contributed by atoms with E-state index in [0.29, 0.717) is 23.7 Å². The van der Waals surface area contributed by atoms with E-state index in [1.807, 2.05) is 13.0 Å². The van der Waals surface area contributed by atoms with Crippen molar-refractivity contribution in [1.82, 2.24) is 4.90 Å². The van der Waals surface area contributed by atoms with Gasteiger partial charge in [0, 0.05) is 12.2 Å². The number of nitrogen functional groups attached to an aromatic ring is 1. The number of hydrogen-bond acceptors (Lipinski definition) is 3. The average molecular weight is 262 g/mol. The van der Waals surface area contributed by atoms with Gasteiger partial charge in [-0.2, -0.15) is 0 Å². The molecule has 2 rings (SSSR count). The van der Waals surface area contributed by atoms with Gasteiger partial charge in [-0.25, -0.2) is 0 Å².